The van der Waals surface area contributed by atoms with E-state index in [2.05, 4.69) is 20.8 Å². The monoisotopic (exact) mass is 350 g/mol. The minimum atomic E-state index is -0.116. The summed E-state index contributed by atoms with van der Waals surface area (Å²) in [4.78, 5) is 16.5. The van der Waals surface area contributed by atoms with Crippen LogP contribution in [0.3, 0.4) is 0 Å². The maximum absolute atomic E-state index is 11.5. The van der Waals surface area contributed by atoms with E-state index in [9.17, 15) is 4.79 Å². The zero-order chi connectivity index (χ0) is 16.8. The van der Waals surface area contributed by atoms with Crippen molar-refractivity contribution in [3.05, 3.63) is 39.9 Å². The van der Waals surface area contributed by atoms with Crippen molar-refractivity contribution in [2.45, 2.75) is 27.2 Å². The third-order valence-electron chi connectivity index (χ3n) is 2.96. The van der Waals surface area contributed by atoms with Gasteiger partial charge in [-0.1, -0.05) is 55.0 Å². The standard InChI is InChI=1S/C16H19ClN4OS/c1-10(2)8-14(22)21-18-9-13-15(17)20-16(23-13)19-12-7-5-4-6-11(12)3/h4-7,9-10H,8H2,1-3H3,(H,19,20)(H,21,22)/b18-9+. The molecule has 1 aromatic carbocycles. The number of hydrogen-bond acceptors (Lipinski definition) is 5. The van der Waals surface area contributed by atoms with Gasteiger partial charge in [0.1, 0.15) is 0 Å². The van der Waals surface area contributed by atoms with Crippen molar-refractivity contribution >= 4 is 45.9 Å². The van der Waals surface area contributed by atoms with Gasteiger partial charge in [0.2, 0.25) is 5.91 Å². The summed E-state index contributed by atoms with van der Waals surface area (Å²) in [7, 11) is 0. The molecule has 0 fully saturated rings. The number of anilines is 2. The molecule has 0 atom stereocenters. The number of rotatable bonds is 6. The Morgan fingerprint density at radius 1 is 1.43 bits per heavy atom. The molecule has 0 unspecified atom stereocenters. The van der Waals surface area contributed by atoms with Crippen LogP contribution in [-0.2, 0) is 4.79 Å². The molecule has 2 aromatic rings. The van der Waals surface area contributed by atoms with Gasteiger partial charge in [0.05, 0.1) is 11.1 Å². The van der Waals surface area contributed by atoms with Crippen LogP contribution in [0.15, 0.2) is 29.4 Å². The highest BCUT2D eigenvalue weighted by molar-refractivity contribution is 7.17. The average Bonchev–Trinajstić information content (AvgIpc) is 2.81. The van der Waals surface area contributed by atoms with E-state index in [0.717, 1.165) is 11.3 Å². The van der Waals surface area contributed by atoms with Crippen LogP contribution in [0, 0.1) is 12.8 Å². The van der Waals surface area contributed by atoms with Crippen molar-refractivity contribution in [1.82, 2.24) is 10.4 Å². The van der Waals surface area contributed by atoms with Gasteiger partial charge in [-0.3, -0.25) is 4.79 Å². The van der Waals surface area contributed by atoms with Crippen molar-refractivity contribution < 1.29 is 4.79 Å². The molecule has 0 saturated heterocycles. The second-order valence-electron chi connectivity index (χ2n) is 5.51. The number of benzene rings is 1. The first-order valence-corrected chi connectivity index (χ1v) is 8.46. The molecule has 2 rings (SSSR count). The summed E-state index contributed by atoms with van der Waals surface area (Å²) in [6, 6.07) is 7.93. The summed E-state index contributed by atoms with van der Waals surface area (Å²) in [6.45, 7) is 5.98. The number of hydrazone groups is 1. The van der Waals surface area contributed by atoms with Crippen molar-refractivity contribution in [3.8, 4) is 0 Å². The Bertz CT molecular complexity index is 712. The molecule has 0 aliphatic carbocycles. The normalized spacial score (nSPS) is 11.2. The van der Waals surface area contributed by atoms with E-state index in [1.165, 1.54) is 17.6 Å². The fourth-order valence-electron chi connectivity index (χ4n) is 1.85. The van der Waals surface area contributed by atoms with Gasteiger partial charge >= 0.3 is 0 Å². The Labute approximate surface area is 144 Å². The highest BCUT2D eigenvalue weighted by Gasteiger charge is 2.09. The number of para-hydroxylation sites is 1. The molecule has 5 nitrogen and oxygen atoms in total. The van der Waals surface area contributed by atoms with Gasteiger partial charge in [-0.25, -0.2) is 10.4 Å². The molecule has 7 heteroatoms. The van der Waals surface area contributed by atoms with E-state index >= 15 is 0 Å². The van der Waals surface area contributed by atoms with E-state index in [4.69, 9.17) is 11.6 Å². The molecule has 2 N–H and O–H groups in total. The zero-order valence-corrected chi connectivity index (χ0v) is 14.8. The van der Waals surface area contributed by atoms with Crippen LogP contribution >= 0.6 is 22.9 Å². The lowest BCUT2D eigenvalue weighted by atomic mass is 10.1. The second-order valence-corrected chi connectivity index (χ2v) is 6.89. The second kappa shape index (κ2) is 8.08. The number of aromatic nitrogens is 1. The van der Waals surface area contributed by atoms with Gasteiger partial charge in [-0.05, 0) is 24.5 Å². The largest absolute Gasteiger partial charge is 0.331 e. The minimum absolute atomic E-state index is 0.116. The fourth-order valence-corrected chi connectivity index (χ4v) is 2.89. The van der Waals surface area contributed by atoms with Crippen LogP contribution in [-0.4, -0.2) is 17.1 Å². The number of carbonyl (C=O) groups excluding carboxylic acids is 1. The number of halogens is 1. The number of nitrogens with one attached hydrogen (secondary N) is 2. The van der Waals surface area contributed by atoms with Crippen molar-refractivity contribution in [3.63, 3.8) is 0 Å². The van der Waals surface area contributed by atoms with Crippen molar-refractivity contribution in [2.24, 2.45) is 11.0 Å². The van der Waals surface area contributed by atoms with Gasteiger partial charge in [0.25, 0.3) is 0 Å². The van der Waals surface area contributed by atoms with Crippen LogP contribution in [0.4, 0.5) is 10.8 Å². The van der Waals surface area contributed by atoms with Crippen molar-refractivity contribution in [1.29, 1.82) is 0 Å². The molecule has 0 saturated carbocycles. The summed E-state index contributed by atoms with van der Waals surface area (Å²) in [5.74, 6) is 0.178. The van der Waals surface area contributed by atoms with Crippen LogP contribution in [0.25, 0.3) is 0 Å². The molecule has 23 heavy (non-hydrogen) atoms. The third-order valence-corrected chi connectivity index (χ3v) is 4.27. The Balaban J connectivity index is 2.01. The van der Waals surface area contributed by atoms with E-state index in [0.29, 0.717) is 27.5 Å². The molecular formula is C16H19ClN4OS. The van der Waals surface area contributed by atoms with Gasteiger partial charge in [-0.2, -0.15) is 5.10 Å². The first-order chi connectivity index (χ1) is 11.0. The van der Waals surface area contributed by atoms with Crippen LogP contribution in [0.5, 0.6) is 0 Å². The smallest absolute Gasteiger partial charge is 0.240 e. The highest BCUT2D eigenvalue weighted by atomic mass is 35.5. The lowest BCUT2D eigenvalue weighted by Crippen LogP contribution is -2.18. The highest BCUT2D eigenvalue weighted by Crippen LogP contribution is 2.28. The Kier molecular flexibility index (Phi) is 6.12. The molecule has 0 aliphatic rings. The van der Waals surface area contributed by atoms with Crippen LogP contribution in [0.2, 0.25) is 5.15 Å². The maximum Gasteiger partial charge on any atom is 0.240 e. The summed E-state index contributed by atoms with van der Waals surface area (Å²) >= 11 is 7.48. The zero-order valence-electron chi connectivity index (χ0n) is 13.3. The molecule has 0 radical (unpaired) electrons. The third kappa shape index (κ3) is 5.33. The van der Waals surface area contributed by atoms with Crippen LogP contribution < -0.4 is 10.7 Å². The molecule has 1 aromatic heterocycles. The predicted octanol–water partition coefficient (Wildman–Crippen LogP) is 4.34. The quantitative estimate of drug-likeness (QED) is 0.601. The summed E-state index contributed by atoms with van der Waals surface area (Å²) in [5, 5.41) is 8.19. The number of amides is 1. The number of thiazole rings is 1. The van der Waals surface area contributed by atoms with E-state index in [1.807, 2.05) is 45.0 Å². The molecule has 0 bridgehead atoms. The van der Waals surface area contributed by atoms with E-state index in [1.54, 1.807) is 0 Å². The predicted molar refractivity (Wildman–Crippen MR) is 96.8 cm³/mol. The average molecular weight is 351 g/mol. The van der Waals surface area contributed by atoms with E-state index < -0.39 is 0 Å². The molecule has 0 spiro atoms. The summed E-state index contributed by atoms with van der Waals surface area (Å²) < 4.78 is 0. The fraction of sp³-hybridized carbons (Fsp3) is 0.312. The molecular weight excluding hydrogens is 332 g/mol. The first kappa shape index (κ1) is 17.4. The molecule has 1 amide bonds. The first-order valence-electron chi connectivity index (χ1n) is 7.26. The van der Waals surface area contributed by atoms with E-state index in [-0.39, 0.29) is 5.91 Å². The van der Waals surface area contributed by atoms with Crippen molar-refractivity contribution in [2.75, 3.05) is 5.32 Å². The van der Waals surface area contributed by atoms with Crippen LogP contribution in [0.1, 0.15) is 30.7 Å². The number of hydrogen-bond donors (Lipinski definition) is 2. The van der Waals surface area contributed by atoms with Gasteiger partial charge in [0.15, 0.2) is 10.3 Å². The minimum Gasteiger partial charge on any atom is -0.331 e. The SMILES string of the molecule is Cc1ccccc1Nc1nc(Cl)c(/C=N/NC(=O)CC(C)C)s1. The topological polar surface area (TPSA) is 66.4 Å². The van der Waals surface area contributed by atoms with Gasteiger partial charge < -0.3 is 5.32 Å². The number of aryl methyl sites for hydroxylation is 1. The lowest BCUT2D eigenvalue weighted by Gasteiger charge is -2.05. The summed E-state index contributed by atoms with van der Waals surface area (Å²) in [6.07, 6.45) is 1.95. The molecule has 122 valence electrons. The Hall–Kier alpha value is -1.92. The molecule has 1 heterocycles. The number of nitrogens with zero attached hydrogens (tertiary/aromatic N) is 2. The number of carbonyl (C=O) groups is 1. The Morgan fingerprint density at radius 3 is 2.87 bits per heavy atom. The lowest BCUT2D eigenvalue weighted by molar-refractivity contribution is -0.121. The Morgan fingerprint density at radius 2 is 2.17 bits per heavy atom. The molecule has 0 aliphatic heterocycles. The van der Waals surface area contributed by atoms with Gasteiger partial charge in [0, 0.05) is 12.1 Å². The summed E-state index contributed by atoms with van der Waals surface area (Å²) in [5.41, 5.74) is 4.59. The van der Waals surface area contributed by atoms with Gasteiger partial charge in [-0.15, -0.1) is 0 Å². The maximum atomic E-state index is 11.5.